The molecule has 17 heavy (non-hydrogen) atoms. The molecule has 0 saturated heterocycles. The summed E-state index contributed by atoms with van der Waals surface area (Å²) in [7, 11) is 0. The summed E-state index contributed by atoms with van der Waals surface area (Å²) in [6.07, 6.45) is 1.63. The van der Waals surface area contributed by atoms with Crippen LogP contribution in [0.15, 0.2) is 6.07 Å². The van der Waals surface area contributed by atoms with Crippen molar-refractivity contribution in [1.29, 1.82) is 0 Å². The van der Waals surface area contributed by atoms with E-state index >= 15 is 0 Å². The average molecular weight is 236 g/mol. The predicted octanol–water partition coefficient (Wildman–Crippen LogP) is 1.41. The topological polar surface area (TPSA) is 80.9 Å². The number of aromatic nitrogens is 2. The Morgan fingerprint density at radius 3 is 2.53 bits per heavy atom. The van der Waals surface area contributed by atoms with Crippen molar-refractivity contribution in [3.05, 3.63) is 17.5 Å². The van der Waals surface area contributed by atoms with E-state index in [4.69, 9.17) is 5.73 Å². The first-order chi connectivity index (χ1) is 8.02. The van der Waals surface area contributed by atoms with Crippen LogP contribution in [-0.4, -0.2) is 22.4 Å². The van der Waals surface area contributed by atoms with E-state index in [1.165, 1.54) is 0 Å². The summed E-state index contributed by atoms with van der Waals surface area (Å²) in [4.78, 5) is 20.1. The second-order valence-corrected chi connectivity index (χ2v) is 4.30. The van der Waals surface area contributed by atoms with Gasteiger partial charge >= 0.3 is 0 Å². The third kappa shape index (κ3) is 4.48. The zero-order chi connectivity index (χ0) is 12.8. The maximum atomic E-state index is 11.8. The number of nitrogens with zero attached hydrogens (tertiary/aromatic N) is 2. The first-order valence-corrected chi connectivity index (χ1v) is 5.86. The molecule has 0 spiro atoms. The lowest BCUT2D eigenvalue weighted by atomic mass is 10.1. The summed E-state index contributed by atoms with van der Waals surface area (Å²) in [6, 6.07) is 1.87. The second kappa shape index (κ2) is 6.30. The van der Waals surface area contributed by atoms with Gasteiger partial charge in [0.1, 0.15) is 0 Å². The lowest BCUT2D eigenvalue weighted by Crippen LogP contribution is -2.22. The minimum atomic E-state index is -0.0667. The van der Waals surface area contributed by atoms with Crippen LogP contribution >= 0.6 is 0 Å². The Balaban J connectivity index is 2.61. The Morgan fingerprint density at radius 1 is 1.41 bits per heavy atom. The summed E-state index contributed by atoms with van der Waals surface area (Å²) in [5.74, 6) is 0.263. The lowest BCUT2D eigenvalue weighted by Gasteiger charge is -2.11. The molecule has 1 heterocycles. The van der Waals surface area contributed by atoms with Crippen molar-refractivity contribution < 1.29 is 4.79 Å². The van der Waals surface area contributed by atoms with Crippen LogP contribution in [0.1, 0.15) is 31.2 Å². The van der Waals surface area contributed by atoms with E-state index in [-0.39, 0.29) is 11.8 Å². The number of nitrogens with one attached hydrogen (secondary N) is 1. The van der Waals surface area contributed by atoms with Crippen molar-refractivity contribution in [2.24, 2.45) is 11.7 Å². The first-order valence-electron chi connectivity index (χ1n) is 5.86. The highest BCUT2D eigenvalue weighted by atomic mass is 16.2. The molecule has 1 unspecified atom stereocenters. The van der Waals surface area contributed by atoms with Gasteiger partial charge in [-0.1, -0.05) is 6.92 Å². The third-order valence-corrected chi connectivity index (χ3v) is 2.51. The standard InChI is InChI=1S/C12H20N4O/c1-8(5-4-6-13)11(17)16-12-14-9(2)7-10(3)15-12/h7-8H,4-6,13H2,1-3H3,(H,14,15,16,17). The number of nitrogens with two attached hydrogens (primary N) is 1. The van der Waals surface area contributed by atoms with Crippen LogP contribution in [0.2, 0.25) is 0 Å². The second-order valence-electron chi connectivity index (χ2n) is 4.30. The smallest absolute Gasteiger partial charge is 0.229 e. The molecule has 3 N–H and O–H groups in total. The predicted molar refractivity (Wildman–Crippen MR) is 67.6 cm³/mol. The van der Waals surface area contributed by atoms with Gasteiger partial charge in [-0.15, -0.1) is 0 Å². The summed E-state index contributed by atoms with van der Waals surface area (Å²) in [6.45, 7) is 6.25. The molecule has 0 bridgehead atoms. The highest BCUT2D eigenvalue weighted by Crippen LogP contribution is 2.09. The Hall–Kier alpha value is -1.49. The van der Waals surface area contributed by atoms with Gasteiger partial charge in [-0.25, -0.2) is 9.97 Å². The summed E-state index contributed by atoms with van der Waals surface area (Å²) >= 11 is 0. The molecule has 5 heteroatoms. The van der Waals surface area contributed by atoms with Crippen LogP contribution in [0, 0.1) is 19.8 Å². The molecule has 1 aromatic heterocycles. The van der Waals surface area contributed by atoms with Crippen molar-refractivity contribution in [1.82, 2.24) is 9.97 Å². The fourth-order valence-corrected chi connectivity index (χ4v) is 1.57. The van der Waals surface area contributed by atoms with Gasteiger partial charge in [0.2, 0.25) is 11.9 Å². The molecule has 94 valence electrons. The molecule has 0 aliphatic carbocycles. The van der Waals surface area contributed by atoms with Crippen molar-refractivity contribution in [2.75, 3.05) is 11.9 Å². The zero-order valence-corrected chi connectivity index (χ0v) is 10.7. The van der Waals surface area contributed by atoms with Gasteiger partial charge in [0.05, 0.1) is 0 Å². The zero-order valence-electron chi connectivity index (χ0n) is 10.7. The Morgan fingerprint density at radius 2 is 2.00 bits per heavy atom. The maximum absolute atomic E-state index is 11.8. The number of amides is 1. The van der Waals surface area contributed by atoms with Crippen LogP contribution in [0.4, 0.5) is 5.95 Å². The Bertz CT molecular complexity index is 372. The molecule has 5 nitrogen and oxygen atoms in total. The molecule has 0 aliphatic heterocycles. The van der Waals surface area contributed by atoms with Gasteiger partial charge in [0.15, 0.2) is 0 Å². The number of hydrogen-bond acceptors (Lipinski definition) is 4. The quantitative estimate of drug-likeness (QED) is 0.810. The lowest BCUT2D eigenvalue weighted by molar-refractivity contribution is -0.119. The summed E-state index contributed by atoms with van der Waals surface area (Å²) in [5, 5.41) is 2.73. The van der Waals surface area contributed by atoms with Crippen molar-refractivity contribution in [2.45, 2.75) is 33.6 Å². The third-order valence-electron chi connectivity index (χ3n) is 2.51. The fourth-order valence-electron chi connectivity index (χ4n) is 1.57. The molecule has 1 rings (SSSR count). The molecular weight excluding hydrogens is 216 g/mol. The maximum Gasteiger partial charge on any atom is 0.229 e. The molecule has 0 aromatic carbocycles. The van der Waals surface area contributed by atoms with Crippen LogP contribution in [-0.2, 0) is 4.79 Å². The average Bonchev–Trinajstić information content (AvgIpc) is 2.24. The van der Waals surface area contributed by atoms with E-state index in [0.717, 1.165) is 24.2 Å². The van der Waals surface area contributed by atoms with Gasteiger partial charge < -0.3 is 5.73 Å². The van der Waals surface area contributed by atoms with E-state index in [1.54, 1.807) is 0 Å². The van der Waals surface area contributed by atoms with E-state index in [9.17, 15) is 4.79 Å². The largest absolute Gasteiger partial charge is 0.330 e. The number of hydrogen-bond donors (Lipinski definition) is 2. The van der Waals surface area contributed by atoms with Crippen molar-refractivity contribution in [3.63, 3.8) is 0 Å². The van der Waals surface area contributed by atoms with E-state index in [2.05, 4.69) is 15.3 Å². The molecule has 0 radical (unpaired) electrons. The van der Waals surface area contributed by atoms with Gasteiger partial charge in [0.25, 0.3) is 0 Å². The van der Waals surface area contributed by atoms with Crippen LogP contribution in [0.5, 0.6) is 0 Å². The van der Waals surface area contributed by atoms with E-state index < -0.39 is 0 Å². The summed E-state index contributed by atoms with van der Waals surface area (Å²) < 4.78 is 0. The van der Waals surface area contributed by atoms with Crippen LogP contribution in [0.3, 0.4) is 0 Å². The number of rotatable bonds is 5. The highest BCUT2D eigenvalue weighted by molar-refractivity contribution is 5.90. The van der Waals surface area contributed by atoms with E-state index in [1.807, 2.05) is 26.8 Å². The molecule has 1 amide bonds. The summed E-state index contributed by atoms with van der Waals surface area (Å²) in [5.41, 5.74) is 7.11. The first kappa shape index (κ1) is 13.6. The number of carbonyl (C=O) groups is 1. The molecular formula is C12H20N4O. The molecule has 0 aliphatic rings. The minimum absolute atomic E-state index is 0.0524. The van der Waals surface area contributed by atoms with Crippen molar-refractivity contribution >= 4 is 11.9 Å². The van der Waals surface area contributed by atoms with Crippen LogP contribution in [0.25, 0.3) is 0 Å². The van der Waals surface area contributed by atoms with Gasteiger partial charge in [-0.05, 0) is 39.3 Å². The monoisotopic (exact) mass is 236 g/mol. The number of anilines is 1. The number of aryl methyl sites for hydroxylation is 2. The minimum Gasteiger partial charge on any atom is -0.330 e. The van der Waals surface area contributed by atoms with E-state index in [0.29, 0.717) is 12.5 Å². The molecule has 0 saturated carbocycles. The fraction of sp³-hybridized carbons (Fsp3) is 0.583. The van der Waals surface area contributed by atoms with Crippen molar-refractivity contribution in [3.8, 4) is 0 Å². The normalized spacial score (nSPS) is 12.2. The van der Waals surface area contributed by atoms with Crippen LogP contribution < -0.4 is 11.1 Å². The van der Waals surface area contributed by atoms with Gasteiger partial charge in [-0.2, -0.15) is 0 Å². The Kier molecular flexibility index (Phi) is 5.03. The SMILES string of the molecule is Cc1cc(C)nc(NC(=O)C(C)CCCN)n1. The molecule has 1 atom stereocenters. The molecule has 0 fully saturated rings. The van der Waals surface area contributed by atoms with Gasteiger partial charge in [0, 0.05) is 17.3 Å². The molecule has 1 aromatic rings. The highest BCUT2D eigenvalue weighted by Gasteiger charge is 2.13. The van der Waals surface area contributed by atoms with Gasteiger partial charge in [-0.3, -0.25) is 10.1 Å². The Labute approximate surface area is 102 Å². The number of carbonyl (C=O) groups excluding carboxylic acids is 1.